The van der Waals surface area contributed by atoms with Crippen molar-refractivity contribution in [2.24, 2.45) is 0 Å². The molecule has 0 aromatic heterocycles. The van der Waals surface area contributed by atoms with E-state index in [2.05, 4.69) is 11.8 Å². The van der Waals surface area contributed by atoms with Crippen LogP contribution in [-0.4, -0.2) is 31.5 Å². The van der Waals surface area contributed by atoms with Crippen LogP contribution in [0.4, 0.5) is 4.39 Å². The summed E-state index contributed by atoms with van der Waals surface area (Å²) in [5.74, 6) is 5.77. The van der Waals surface area contributed by atoms with E-state index in [1.165, 1.54) is 12.1 Å². The van der Waals surface area contributed by atoms with Crippen molar-refractivity contribution < 1.29 is 19.0 Å². The number of ether oxygens (including phenoxy) is 2. The smallest absolute Gasteiger partial charge is 0.135 e. The number of aliphatic hydroxyl groups excluding tert-OH is 1. The maximum Gasteiger partial charge on any atom is 0.135 e. The summed E-state index contributed by atoms with van der Waals surface area (Å²) in [6.07, 6.45) is 1.07. The summed E-state index contributed by atoms with van der Waals surface area (Å²) in [5.41, 5.74) is 0.498. The van der Waals surface area contributed by atoms with Crippen molar-refractivity contribution in [1.82, 2.24) is 0 Å². The third-order valence-electron chi connectivity index (χ3n) is 2.46. The molecular weight excluding hydrogens is 247 g/mol. The van der Waals surface area contributed by atoms with Gasteiger partial charge in [0.25, 0.3) is 0 Å². The molecule has 1 aromatic rings. The van der Waals surface area contributed by atoms with Crippen molar-refractivity contribution >= 4 is 0 Å². The van der Waals surface area contributed by atoms with Gasteiger partial charge < -0.3 is 14.6 Å². The van der Waals surface area contributed by atoms with Gasteiger partial charge in [0.05, 0.1) is 18.3 Å². The molecule has 0 aliphatic rings. The molecule has 0 saturated carbocycles. The molecular formula is C15H19FO3. The third kappa shape index (κ3) is 5.73. The highest BCUT2D eigenvalue weighted by atomic mass is 19.1. The lowest BCUT2D eigenvalue weighted by Crippen LogP contribution is -2.14. The van der Waals surface area contributed by atoms with Crippen LogP contribution in [0.2, 0.25) is 0 Å². The second-order valence-corrected chi connectivity index (χ2v) is 4.13. The number of hydrogen-bond acceptors (Lipinski definition) is 3. The molecule has 104 valence electrons. The van der Waals surface area contributed by atoms with Gasteiger partial charge in [0.1, 0.15) is 11.6 Å². The predicted octanol–water partition coefficient (Wildman–Crippen LogP) is 2.36. The van der Waals surface area contributed by atoms with Gasteiger partial charge in [0.15, 0.2) is 0 Å². The number of halogens is 1. The van der Waals surface area contributed by atoms with E-state index < -0.39 is 0 Å². The van der Waals surface area contributed by atoms with Gasteiger partial charge in [-0.1, -0.05) is 11.8 Å². The summed E-state index contributed by atoms with van der Waals surface area (Å²) < 4.78 is 23.9. The Morgan fingerprint density at radius 1 is 1.42 bits per heavy atom. The van der Waals surface area contributed by atoms with Gasteiger partial charge in [-0.05, 0) is 25.1 Å². The quantitative estimate of drug-likeness (QED) is 0.803. The van der Waals surface area contributed by atoms with Crippen molar-refractivity contribution in [1.29, 1.82) is 0 Å². The standard InChI is InChI=1S/C15H19FO3/c1-12(8-10-18-2)19-15-7-6-14(16)11-13(15)5-3-4-9-17/h6-7,11-12,17H,4,8-10H2,1-2H3. The first-order chi connectivity index (χ1) is 9.17. The molecule has 19 heavy (non-hydrogen) atoms. The molecule has 3 nitrogen and oxygen atoms in total. The molecule has 4 heteroatoms. The maximum absolute atomic E-state index is 13.2. The Bertz CT molecular complexity index is 448. The average Bonchev–Trinajstić information content (AvgIpc) is 2.39. The topological polar surface area (TPSA) is 38.7 Å². The molecule has 0 spiro atoms. The van der Waals surface area contributed by atoms with Crippen molar-refractivity contribution in [3.63, 3.8) is 0 Å². The van der Waals surface area contributed by atoms with Gasteiger partial charge in [-0.15, -0.1) is 0 Å². The molecule has 1 unspecified atom stereocenters. The maximum atomic E-state index is 13.2. The van der Waals surface area contributed by atoms with Crippen LogP contribution < -0.4 is 4.74 Å². The molecule has 0 bridgehead atoms. The van der Waals surface area contributed by atoms with Crippen LogP contribution in [0.3, 0.4) is 0 Å². The van der Waals surface area contributed by atoms with Gasteiger partial charge in [0, 0.05) is 26.6 Å². The summed E-state index contributed by atoms with van der Waals surface area (Å²) in [4.78, 5) is 0. The molecule has 0 saturated heterocycles. The highest BCUT2D eigenvalue weighted by Crippen LogP contribution is 2.20. The predicted molar refractivity (Wildman–Crippen MR) is 71.6 cm³/mol. The number of methoxy groups -OCH3 is 1. The molecule has 0 radical (unpaired) electrons. The molecule has 0 amide bonds. The molecule has 1 rings (SSSR count). The zero-order chi connectivity index (χ0) is 14.1. The Kier molecular flexibility index (Phi) is 6.94. The van der Waals surface area contributed by atoms with Crippen LogP contribution >= 0.6 is 0 Å². The molecule has 0 aliphatic carbocycles. The molecule has 1 N–H and O–H groups in total. The van der Waals surface area contributed by atoms with Crippen LogP contribution in [0, 0.1) is 17.7 Å². The van der Waals surface area contributed by atoms with E-state index in [0.717, 1.165) is 6.42 Å². The lowest BCUT2D eigenvalue weighted by atomic mass is 10.2. The second kappa shape index (κ2) is 8.52. The number of rotatable bonds is 6. The summed E-state index contributed by atoms with van der Waals surface area (Å²) in [6, 6.07) is 4.25. The van der Waals surface area contributed by atoms with Gasteiger partial charge in [-0.2, -0.15) is 0 Å². The number of benzene rings is 1. The first-order valence-corrected chi connectivity index (χ1v) is 6.22. The zero-order valence-corrected chi connectivity index (χ0v) is 11.3. The summed E-state index contributed by atoms with van der Waals surface area (Å²) in [5, 5.41) is 8.69. The van der Waals surface area contributed by atoms with E-state index in [9.17, 15) is 4.39 Å². The minimum Gasteiger partial charge on any atom is -0.489 e. The lowest BCUT2D eigenvalue weighted by Gasteiger charge is -2.15. The summed E-state index contributed by atoms with van der Waals surface area (Å²) in [7, 11) is 1.64. The lowest BCUT2D eigenvalue weighted by molar-refractivity contribution is 0.135. The SMILES string of the molecule is COCCC(C)Oc1ccc(F)cc1C#CCCO. The number of hydrogen-bond donors (Lipinski definition) is 1. The number of aliphatic hydroxyl groups is 1. The van der Waals surface area contributed by atoms with Gasteiger partial charge in [-0.3, -0.25) is 0 Å². The monoisotopic (exact) mass is 266 g/mol. The first-order valence-electron chi connectivity index (χ1n) is 6.22. The van der Waals surface area contributed by atoms with Crippen LogP contribution in [-0.2, 0) is 4.74 Å². The normalized spacial score (nSPS) is 11.6. The third-order valence-corrected chi connectivity index (χ3v) is 2.46. The van der Waals surface area contributed by atoms with Crippen LogP contribution in [0.15, 0.2) is 18.2 Å². The Balaban J connectivity index is 2.79. The average molecular weight is 266 g/mol. The largest absolute Gasteiger partial charge is 0.489 e. The zero-order valence-electron chi connectivity index (χ0n) is 11.3. The summed E-state index contributed by atoms with van der Waals surface area (Å²) >= 11 is 0. The Morgan fingerprint density at radius 2 is 2.21 bits per heavy atom. The van der Waals surface area contributed by atoms with Crippen LogP contribution in [0.5, 0.6) is 5.75 Å². The van der Waals surface area contributed by atoms with Crippen molar-refractivity contribution in [2.45, 2.75) is 25.9 Å². The van der Waals surface area contributed by atoms with Crippen molar-refractivity contribution in [2.75, 3.05) is 20.3 Å². The van der Waals surface area contributed by atoms with E-state index >= 15 is 0 Å². The Hall–Kier alpha value is -1.57. The fourth-order valence-electron chi connectivity index (χ4n) is 1.48. The van der Waals surface area contributed by atoms with Crippen LogP contribution in [0.25, 0.3) is 0 Å². The van der Waals surface area contributed by atoms with E-state index in [1.807, 2.05) is 6.92 Å². The fraction of sp³-hybridized carbons (Fsp3) is 0.467. The van der Waals surface area contributed by atoms with Crippen LogP contribution in [0.1, 0.15) is 25.3 Å². The van der Waals surface area contributed by atoms with E-state index in [-0.39, 0.29) is 18.5 Å². The van der Waals surface area contributed by atoms with E-state index in [1.54, 1.807) is 13.2 Å². The molecule has 1 aromatic carbocycles. The molecule has 0 fully saturated rings. The molecule has 0 heterocycles. The fourth-order valence-corrected chi connectivity index (χ4v) is 1.48. The van der Waals surface area contributed by atoms with Crippen molar-refractivity contribution in [3.8, 4) is 17.6 Å². The van der Waals surface area contributed by atoms with Gasteiger partial charge in [-0.25, -0.2) is 4.39 Å². The van der Waals surface area contributed by atoms with Crippen molar-refractivity contribution in [3.05, 3.63) is 29.6 Å². The first kappa shape index (κ1) is 15.5. The molecule has 0 aliphatic heterocycles. The van der Waals surface area contributed by atoms with E-state index in [4.69, 9.17) is 14.6 Å². The Labute approximate surface area is 113 Å². The summed E-state index contributed by atoms with van der Waals surface area (Å²) in [6.45, 7) is 2.52. The second-order valence-electron chi connectivity index (χ2n) is 4.13. The Morgan fingerprint density at radius 3 is 2.89 bits per heavy atom. The minimum absolute atomic E-state index is 0.0112. The van der Waals surface area contributed by atoms with E-state index in [0.29, 0.717) is 24.3 Å². The minimum atomic E-state index is -0.356. The molecule has 1 atom stereocenters. The van der Waals surface area contributed by atoms with Gasteiger partial charge >= 0.3 is 0 Å². The highest BCUT2D eigenvalue weighted by Gasteiger charge is 2.08. The highest BCUT2D eigenvalue weighted by molar-refractivity contribution is 5.46. The van der Waals surface area contributed by atoms with Gasteiger partial charge in [0.2, 0.25) is 0 Å².